The van der Waals surface area contributed by atoms with Crippen LogP contribution < -0.4 is 0 Å². The molecule has 3 heteroatoms. The largest absolute Gasteiger partial charge is 0.351 e. The Bertz CT molecular complexity index is 56.4. The Balaban J connectivity index is 2.62. The Labute approximate surface area is 47.9 Å². The highest BCUT2D eigenvalue weighted by atomic mass is 19.1. The summed E-state index contributed by atoms with van der Waals surface area (Å²) in [5.41, 5.74) is 0. The molecule has 0 bridgehead atoms. The third-order valence-electron chi connectivity index (χ3n) is 0.480. The molecule has 0 fully saturated rings. The van der Waals surface area contributed by atoms with Crippen LogP contribution in [0.15, 0.2) is 12.7 Å². The highest BCUT2D eigenvalue weighted by Crippen LogP contribution is 1.77. The van der Waals surface area contributed by atoms with Gasteiger partial charge in [0.25, 0.3) is 0 Å². The molecule has 0 aliphatic heterocycles. The molecular formula is C5H9FO2. The third-order valence-corrected chi connectivity index (χ3v) is 0.480. The summed E-state index contributed by atoms with van der Waals surface area (Å²) in [6, 6.07) is 0. The minimum Gasteiger partial charge on any atom is -0.351 e. The quantitative estimate of drug-likeness (QED) is 0.307. The lowest BCUT2D eigenvalue weighted by Gasteiger charge is -1.96. The van der Waals surface area contributed by atoms with Crippen LogP contribution in [0.5, 0.6) is 0 Å². The predicted molar refractivity (Wildman–Crippen MR) is 28.1 cm³/mol. The van der Waals surface area contributed by atoms with Crippen LogP contribution in [0.3, 0.4) is 0 Å². The maximum absolute atomic E-state index is 11.1. The zero-order valence-electron chi connectivity index (χ0n) is 4.60. The van der Waals surface area contributed by atoms with E-state index in [2.05, 4.69) is 16.1 Å². The lowest BCUT2D eigenvalue weighted by Crippen LogP contribution is -1.97. The molecule has 0 aromatic heterocycles. The lowest BCUT2D eigenvalue weighted by molar-refractivity contribution is -0.0745. The topological polar surface area (TPSA) is 18.5 Å². The lowest BCUT2D eigenvalue weighted by atomic mass is 10.7. The van der Waals surface area contributed by atoms with Crippen molar-refractivity contribution in [1.82, 2.24) is 0 Å². The van der Waals surface area contributed by atoms with Crippen molar-refractivity contribution < 1.29 is 13.9 Å². The van der Waals surface area contributed by atoms with E-state index in [0.29, 0.717) is 6.61 Å². The number of halogens is 1. The molecule has 0 N–H and O–H groups in total. The van der Waals surface area contributed by atoms with Gasteiger partial charge in [-0.15, -0.1) is 6.58 Å². The van der Waals surface area contributed by atoms with E-state index >= 15 is 0 Å². The van der Waals surface area contributed by atoms with E-state index < -0.39 is 6.86 Å². The van der Waals surface area contributed by atoms with E-state index in [1.165, 1.54) is 0 Å². The highest BCUT2D eigenvalue weighted by molar-refractivity contribution is 4.62. The van der Waals surface area contributed by atoms with E-state index in [4.69, 9.17) is 0 Å². The zero-order chi connectivity index (χ0) is 6.24. The summed E-state index contributed by atoms with van der Waals surface area (Å²) < 4.78 is 19.9. The first-order valence-corrected chi connectivity index (χ1v) is 2.24. The molecule has 0 aromatic carbocycles. The molecule has 48 valence electrons. The molecule has 0 saturated heterocycles. The molecule has 0 saturated carbocycles. The smallest absolute Gasteiger partial charge is 0.191 e. The Morgan fingerprint density at radius 1 is 1.50 bits per heavy atom. The van der Waals surface area contributed by atoms with Crippen molar-refractivity contribution in [3.8, 4) is 0 Å². The van der Waals surface area contributed by atoms with Crippen LogP contribution in [-0.2, 0) is 9.47 Å². The standard InChI is InChI=1S/C5H9FO2/c1-2-3-7-5-8-4-6/h2H,1,3-5H2. The molecule has 8 heavy (non-hydrogen) atoms. The normalized spacial score (nSPS) is 9.12. The fourth-order valence-electron chi connectivity index (χ4n) is 0.222. The van der Waals surface area contributed by atoms with E-state index in [-0.39, 0.29) is 6.79 Å². The molecule has 0 rings (SSSR count). The van der Waals surface area contributed by atoms with E-state index in [1.807, 2.05) is 0 Å². The van der Waals surface area contributed by atoms with Crippen molar-refractivity contribution >= 4 is 0 Å². The first-order valence-electron chi connectivity index (χ1n) is 2.24. The predicted octanol–water partition coefficient (Wildman–Crippen LogP) is 1.09. The molecule has 0 heterocycles. The minimum atomic E-state index is -0.795. The van der Waals surface area contributed by atoms with Crippen LogP contribution in [0.25, 0.3) is 0 Å². The van der Waals surface area contributed by atoms with Crippen LogP contribution in [0.2, 0.25) is 0 Å². The van der Waals surface area contributed by atoms with Gasteiger partial charge >= 0.3 is 0 Å². The summed E-state index contributed by atoms with van der Waals surface area (Å²) in [7, 11) is 0. The van der Waals surface area contributed by atoms with Crippen molar-refractivity contribution in [2.24, 2.45) is 0 Å². The number of alkyl halides is 1. The zero-order valence-corrected chi connectivity index (χ0v) is 4.60. The van der Waals surface area contributed by atoms with Gasteiger partial charge in [0.1, 0.15) is 6.79 Å². The molecule has 0 spiro atoms. The average molecular weight is 120 g/mol. The average Bonchev–Trinajstić information content (AvgIpc) is 1.81. The fourth-order valence-corrected chi connectivity index (χ4v) is 0.222. The molecule has 0 amide bonds. The molecule has 0 radical (unpaired) electrons. The molecule has 0 aromatic rings. The molecular weight excluding hydrogens is 111 g/mol. The van der Waals surface area contributed by atoms with Gasteiger partial charge in [0.2, 0.25) is 0 Å². The number of ether oxygens (including phenoxy) is 2. The number of hydrogen-bond acceptors (Lipinski definition) is 2. The monoisotopic (exact) mass is 120 g/mol. The second-order valence-corrected chi connectivity index (χ2v) is 1.09. The van der Waals surface area contributed by atoms with Crippen molar-refractivity contribution in [2.45, 2.75) is 0 Å². The molecule has 0 aliphatic carbocycles. The van der Waals surface area contributed by atoms with Gasteiger partial charge < -0.3 is 9.47 Å². The summed E-state index contributed by atoms with van der Waals surface area (Å²) in [6.07, 6.45) is 1.57. The number of hydrogen-bond donors (Lipinski definition) is 0. The van der Waals surface area contributed by atoms with Crippen molar-refractivity contribution in [3.05, 3.63) is 12.7 Å². The third kappa shape index (κ3) is 5.59. The fraction of sp³-hybridized carbons (Fsp3) is 0.600. The van der Waals surface area contributed by atoms with E-state index in [1.54, 1.807) is 6.08 Å². The van der Waals surface area contributed by atoms with Gasteiger partial charge in [0.05, 0.1) is 6.61 Å². The van der Waals surface area contributed by atoms with Gasteiger partial charge in [-0.05, 0) is 0 Å². The van der Waals surface area contributed by atoms with Crippen LogP contribution in [0.4, 0.5) is 4.39 Å². The second-order valence-electron chi connectivity index (χ2n) is 1.09. The molecule has 2 nitrogen and oxygen atoms in total. The molecule has 0 unspecified atom stereocenters. The van der Waals surface area contributed by atoms with Gasteiger partial charge in [-0.2, -0.15) is 0 Å². The van der Waals surface area contributed by atoms with Crippen molar-refractivity contribution in [1.29, 1.82) is 0 Å². The van der Waals surface area contributed by atoms with Crippen LogP contribution in [0, 0.1) is 0 Å². The SMILES string of the molecule is C=CCOCOCF. The summed E-state index contributed by atoms with van der Waals surface area (Å²) in [5, 5.41) is 0. The maximum atomic E-state index is 11.1. The minimum absolute atomic E-state index is 0.00250. The van der Waals surface area contributed by atoms with Crippen LogP contribution in [0.1, 0.15) is 0 Å². The van der Waals surface area contributed by atoms with Gasteiger partial charge in [-0.3, -0.25) is 0 Å². The Hall–Kier alpha value is -0.410. The highest BCUT2D eigenvalue weighted by Gasteiger charge is 1.79. The summed E-state index contributed by atoms with van der Waals surface area (Å²) in [6.45, 7) is 2.99. The Morgan fingerprint density at radius 2 is 2.25 bits per heavy atom. The van der Waals surface area contributed by atoms with Gasteiger partial charge in [0, 0.05) is 0 Å². The van der Waals surface area contributed by atoms with Crippen molar-refractivity contribution in [2.75, 3.05) is 20.3 Å². The van der Waals surface area contributed by atoms with Gasteiger partial charge in [-0.1, -0.05) is 6.08 Å². The van der Waals surface area contributed by atoms with Crippen LogP contribution >= 0.6 is 0 Å². The second kappa shape index (κ2) is 6.59. The molecule has 0 aliphatic rings. The molecule has 0 atom stereocenters. The first-order chi connectivity index (χ1) is 3.91. The van der Waals surface area contributed by atoms with E-state index in [0.717, 1.165) is 0 Å². The Kier molecular flexibility index (Phi) is 6.25. The first kappa shape index (κ1) is 7.59. The Morgan fingerprint density at radius 3 is 2.75 bits per heavy atom. The van der Waals surface area contributed by atoms with Crippen LogP contribution in [-0.4, -0.2) is 20.3 Å². The number of rotatable bonds is 5. The summed E-state index contributed by atoms with van der Waals surface area (Å²) in [4.78, 5) is 0. The maximum Gasteiger partial charge on any atom is 0.191 e. The van der Waals surface area contributed by atoms with Gasteiger partial charge in [0.15, 0.2) is 6.86 Å². The summed E-state index contributed by atoms with van der Waals surface area (Å²) >= 11 is 0. The van der Waals surface area contributed by atoms with Crippen molar-refractivity contribution in [3.63, 3.8) is 0 Å². The van der Waals surface area contributed by atoms with E-state index in [9.17, 15) is 4.39 Å². The van der Waals surface area contributed by atoms with Gasteiger partial charge in [-0.25, -0.2) is 4.39 Å². The summed E-state index contributed by atoms with van der Waals surface area (Å²) in [5.74, 6) is 0.